The summed E-state index contributed by atoms with van der Waals surface area (Å²) in [6.07, 6.45) is -6.38. The molecular weight excluding hydrogens is 593 g/mol. The predicted molar refractivity (Wildman–Crippen MR) is 146 cm³/mol. The van der Waals surface area contributed by atoms with E-state index < -0.39 is 61.1 Å². The minimum atomic E-state index is -2.82. The summed E-state index contributed by atoms with van der Waals surface area (Å²) in [6, 6.07) is 12.2. The number of fused-ring (bicyclic) bond motifs is 1. The fourth-order valence-corrected chi connectivity index (χ4v) is 4.91. The molecule has 6 N–H and O–H groups in total. The quantitative estimate of drug-likeness (QED) is 0.128. The number of rotatable bonds is 10. The zero-order chi connectivity index (χ0) is 31.1. The van der Waals surface area contributed by atoms with Crippen LogP contribution < -0.4 is 5.73 Å². The third-order valence-electron chi connectivity index (χ3n) is 7.02. The van der Waals surface area contributed by atoms with Crippen molar-refractivity contribution in [2.75, 3.05) is 12.3 Å². The van der Waals surface area contributed by atoms with E-state index in [1.807, 2.05) is 0 Å². The summed E-state index contributed by atoms with van der Waals surface area (Å²) in [7, 11) is 0. The zero-order valence-corrected chi connectivity index (χ0v) is 22.6. The third-order valence-corrected chi connectivity index (χ3v) is 7.19. The highest BCUT2D eigenvalue weighted by Gasteiger charge is 2.52. The molecule has 0 bridgehead atoms. The predicted octanol–water partition coefficient (Wildman–Crippen LogP) is 2.19. The summed E-state index contributed by atoms with van der Waals surface area (Å²) in [4.78, 5) is 47.6. The Labute approximate surface area is 246 Å². The van der Waals surface area contributed by atoms with Crippen molar-refractivity contribution in [3.63, 3.8) is 0 Å². The molecule has 4 atom stereocenters. The lowest BCUT2D eigenvalue weighted by molar-refractivity contribution is -0.190. The number of aliphatic hydroxyl groups excluding tert-OH is 1. The van der Waals surface area contributed by atoms with Gasteiger partial charge >= 0.3 is 17.9 Å². The van der Waals surface area contributed by atoms with Crippen molar-refractivity contribution in [2.24, 2.45) is 0 Å². The summed E-state index contributed by atoms with van der Waals surface area (Å²) in [5.74, 6) is -4.84. The standard InChI is InChI=1S/C27H23ClFN5O9/c28-26-32-20(30)18-21(33-26)34(11-31-18)22-17(29)19(35)16(43-22)10-42-27(24(38)39,25(40)41)9-12-4-6-13(7-5-12)14-2-1-3-15(8-14)23(36)37/h1-8,11,16-17,19,22,35H,9-10H2,(H,36,37)(H,38,39)(H,40,41)(H2,30,32,33)/t16-,17+,19-,22-/m1/s1. The van der Waals surface area contributed by atoms with E-state index in [1.54, 1.807) is 24.3 Å². The van der Waals surface area contributed by atoms with Gasteiger partial charge in [0, 0.05) is 6.42 Å². The summed E-state index contributed by atoms with van der Waals surface area (Å²) in [6.45, 7) is -0.804. The number of nitrogen functional groups attached to an aromatic ring is 1. The lowest BCUT2D eigenvalue weighted by Crippen LogP contribution is -2.52. The average Bonchev–Trinajstić information content (AvgIpc) is 3.51. The normalized spacial score (nSPS) is 20.3. The number of hydrogen-bond acceptors (Lipinski definition) is 10. The number of carboxylic acid groups (broad SMARTS) is 3. The van der Waals surface area contributed by atoms with E-state index in [9.17, 15) is 34.8 Å². The topological polar surface area (TPSA) is 220 Å². The molecule has 2 aromatic carbocycles. The van der Waals surface area contributed by atoms with Gasteiger partial charge in [0.1, 0.15) is 17.7 Å². The van der Waals surface area contributed by atoms with Gasteiger partial charge in [-0.3, -0.25) is 4.57 Å². The van der Waals surface area contributed by atoms with Crippen LogP contribution in [0.4, 0.5) is 10.2 Å². The Morgan fingerprint density at radius 1 is 1.07 bits per heavy atom. The first kappa shape index (κ1) is 29.8. The van der Waals surface area contributed by atoms with Gasteiger partial charge in [-0.2, -0.15) is 9.97 Å². The molecule has 4 aromatic rings. The van der Waals surface area contributed by atoms with Gasteiger partial charge in [0.15, 0.2) is 23.9 Å². The molecular formula is C27H23ClFN5O9. The Kier molecular flexibility index (Phi) is 7.98. The summed E-state index contributed by atoms with van der Waals surface area (Å²) < 4.78 is 27.3. The molecule has 16 heteroatoms. The number of carbonyl (C=O) groups is 3. The summed E-state index contributed by atoms with van der Waals surface area (Å²) in [5.41, 5.74) is 4.59. The van der Waals surface area contributed by atoms with Crippen LogP contribution in [0.3, 0.4) is 0 Å². The van der Waals surface area contributed by atoms with E-state index in [-0.39, 0.29) is 33.4 Å². The van der Waals surface area contributed by atoms with Crippen LogP contribution in [0.5, 0.6) is 0 Å². The van der Waals surface area contributed by atoms with E-state index in [0.717, 1.165) is 10.9 Å². The van der Waals surface area contributed by atoms with Crippen LogP contribution >= 0.6 is 11.6 Å². The molecule has 0 unspecified atom stereocenters. The number of imidazole rings is 1. The van der Waals surface area contributed by atoms with E-state index in [1.165, 1.54) is 24.3 Å². The zero-order valence-electron chi connectivity index (χ0n) is 21.9. The number of aliphatic hydroxyl groups is 1. The Hall–Kier alpha value is -4.70. The number of carboxylic acids is 3. The number of benzene rings is 2. The molecule has 1 fully saturated rings. The monoisotopic (exact) mass is 615 g/mol. The van der Waals surface area contributed by atoms with Gasteiger partial charge in [-0.05, 0) is 40.4 Å². The molecule has 1 aliphatic rings. The molecule has 1 aliphatic heterocycles. The van der Waals surface area contributed by atoms with E-state index in [2.05, 4.69) is 15.0 Å². The molecule has 0 spiro atoms. The number of nitrogens with two attached hydrogens (primary N) is 1. The van der Waals surface area contributed by atoms with Gasteiger partial charge < -0.3 is 35.6 Å². The SMILES string of the molecule is Nc1nc(Cl)nc2c1ncn2[C@@H]1O[C@H](COC(Cc2ccc(-c3cccc(C(=O)O)c3)cc2)(C(=O)O)C(=O)O)[C@@H](O)[C@@H]1F. The number of ether oxygens (including phenoxy) is 2. The largest absolute Gasteiger partial charge is 0.479 e. The van der Waals surface area contributed by atoms with Gasteiger partial charge in [-0.25, -0.2) is 23.8 Å². The molecule has 0 saturated carbocycles. The first-order valence-electron chi connectivity index (χ1n) is 12.6. The molecule has 3 heterocycles. The smallest absolute Gasteiger partial charge is 0.348 e. The Morgan fingerprint density at radius 3 is 2.42 bits per heavy atom. The number of alkyl halides is 1. The van der Waals surface area contributed by atoms with Gasteiger partial charge in [-0.15, -0.1) is 0 Å². The minimum Gasteiger partial charge on any atom is -0.479 e. The second-order valence-corrected chi connectivity index (χ2v) is 10.0. The maximum absolute atomic E-state index is 15.2. The molecule has 0 aliphatic carbocycles. The number of nitrogens with zero attached hydrogens (tertiary/aromatic N) is 4. The van der Waals surface area contributed by atoms with Crippen LogP contribution in [-0.4, -0.2) is 88.4 Å². The van der Waals surface area contributed by atoms with E-state index in [0.29, 0.717) is 11.1 Å². The van der Waals surface area contributed by atoms with Crippen LogP contribution in [0.15, 0.2) is 54.9 Å². The average molecular weight is 616 g/mol. The van der Waals surface area contributed by atoms with Crippen LogP contribution in [0, 0.1) is 0 Å². The van der Waals surface area contributed by atoms with E-state index >= 15 is 4.39 Å². The van der Waals surface area contributed by atoms with Crippen LogP contribution in [-0.2, 0) is 25.5 Å². The first-order chi connectivity index (χ1) is 20.4. The molecule has 2 aromatic heterocycles. The highest BCUT2D eigenvalue weighted by molar-refractivity contribution is 6.28. The molecule has 14 nitrogen and oxygen atoms in total. The third kappa shape index (κ3) is 5.58. The van der Waals surface area contributed by atoms with Crippen molar-refractivity contribution in [3.8, 4) is 11.1 Å². The van der Waals surface area contributed by atoms with Gasteiger partial charge in [0.05, 0.1) is 18.5 Å². The van der Waals surface area contributed by atoms with Gasteiger partial charge in [-0.1, -0.05) is 36.4 Å². The van der Waals surface area contributed by atoms with Crippen molar-refractivity contribution in [1.82, 2.24) is 19.5 Å². The summed E-state index contributed by atoms with van der Waals surface area (Å²) in [5, 5.41) is 39.4. The van der Waals surface area contributed by atoms with Crippen molar-refractivity contribution in [1.29, 1.82) is 0 Å². The highest BCUT2D eigenvalue weighted by atomic mass is 35.5. The molecule has 1 saturated heterocycles. The van der Waals surface area contributed by atoms with Crippen molar-refractivity contribution >= 4 is 46.5 Å². The fraction of sp³-hybridized carbons (Fsp3) is 0.259. The number of hydrogen-bond donors (Lipinski definition) is 5. The molecule has 5 rings (SSSR count). The maximum atomic E-state index is 15.2. The number of halogens is 2. The number of anilines is 1. The summed E-state index contributed by atoms with van der Waals surface area (Å²) >= 11 is 5.86. The lowest BCUT2D eigenvalue weighted by Gasteiger charge is -2.27. The van der Waals surface area contributed by atoms with Crippen molar-refractivity contribution in [3.05, 3.63) is 71.3 Å². The highest BCUT2D eigenvalue weighted by Crippen LogP contribution is 2.35. The Morgan fingerprint density at radius 2 is 1.77 bits per heavy atom. The second-order valence-electron chi connectivity index (χ2n) is 9.71. The fourth-order valence-electron chi connectivity index (χ4n) is 4.74. The molecule has 43 heavy (non-hydrogen) atoms. The second kappa shape index (κ2) is 11.5. The maximum Gasteiger partial charge on any atom is 0.348 e. The Bertz CT molecular complexity index is 1700. The molecule has 0 amide bonds. The van der Waals surface area contributed by atoms with Crippen LogP contribution in [0.2, 0.25) is 5.28 Å². The number of aromatic carboxylic acids is 1. The Balaban J connectivity index is 1.35. The van der Waals surface area contributed by atoms with Crippen LogP contribution in [0.25, 0.3) is 22.3 Å². The number of aliphatic carboxylic acids is 2. The lowest BCUT2D eigenvalue weighted by atomic mass is 9.92. The van der Waals surface area contributed by atoms with Crippen molar-refractivity contribution in [2.45, 2.75) is 36.6 Å². The molecule has 224 valence electrons. The minimum absolute atomic E-state index is 0.0162. The van der Waals surface area contributed by atoms with Crippen molar-refractivity contribution < 1.29 is 48.7 Å². The van der Waals surface area contributed by atoms with E-state index in [4.69, 9.17) is 26.8 Å². The number of aromatic nitrogens is 4. The molecule has 0 radical (unpaired) electrons. The van der Waals surface area contributed by atoms with Gasteiger partial charge in [0.2, 0.25) is 5.28 Å². The first-order valence-corrected chi connectivity index (χ1v) is 13.0. The van der Waals surface area contributed by atoms with Crippen LogP contribution in [0.1, 0.15) is 22.1 Å². The van der Waals surface area contributed by atoms with Gasteiger partial charge in [0.25, 0.3) is 5.60 Å².